The van der Waals surface area contributed by atoms with E-state index in [-0.39, 0.29) is 11.7 Å². The first-order valence-corrected chi connectivity index (χ1v) is 7.23. The van der Waals surface area contributed by atoms with Gasteiger partial charge in [-0.2, -0.15) is 0 Å². The molecule has 4 aromatic rings. The van der Waals surface area contributed by atoms with Crippen molar-refractivity contribution in [3.8, 4) is 0 Å². The number of hydrogen-bond acceptors (Lipinski definition) is 4. The number of nitrogens with one attached hydrogen (secondary N) is 1. The van der Waals surface area contributed by atoms with Gasteiger partial charge in [-0.25, -0.2) is 4.39 Å². The standard InChI is InChI=1S/C17H12FN3O3/c18-12-3-1-11(2-4-12)10-21-13-5-7-23-15(13)9-14(21)17(22)19-16-6-8-24-20-16/h1-9H,10H2,(H,19,20,22). The topological polar surface area (TPSA) is 73.2 Å². The van der Waals surface area contributed by atoms with Gasteiger partial charge in [-0.1, -0.05) is 17.3 Å². The lowest BCUT2D eigenvalue weighted by molar-refractivity contribution is 0.101. The summed E-state index contributed by atoms with van der Waals surface area (Å²) in [5.74, 6) is -0.313. The first kappa shape index (κ1) is 14.3. The first-order chi connectivity index (χ1) is 11.7. The van der Waals surface area contributed by atoms with Gasteiger partial charge in [0.2, 0.25) is 0 Å². The van der Waals surface area contributed by atoms with Crippen molar-refractivity contribution in [1.82, 2.24) is 9.72 Å². The molecule has 1 N–H and O–H groups in total. The van der Waals surface area contributed by atoms with Crippen LogP contribution in [-0.4, -0.2) is 15.6 Å². The van der Waals surface area contributed by atoms with E-state index in [9.17, 15) is 9.18 Å². The minimum absolute atomic E-state index is 0.302. The molecule has 7 heteroatoms. The molecular weight excluding hydrogens is 313 g/mol. The van der Waals surface area contributed by atoms with E-state index in [0.717, 1.165) is 11.1 Å². The zero-order chi connectivity index (χ0) is 16.5. The second kappa shape index (κ2) is 5.69. The van der Waals surface area contributed by atoms with Crippen LogP contribution in [0.3, 0.4) is 0 Å². The van der Waals surface area contributed by atoms with Crippen molar-refractivity contribution in [1.29, 1.82) is 0 Å². The highest BCUT2D eigenvalue weighted by molar-refractivity contribution is 6.05. The second-order valence-electron chi connectivity index (χ2n) is 5.25. The molecule has 120 valence electrons. The number of hydrogen-bond donors (Lipinski definition) is 1. The fourth-order valence-corrected chi connectivity index (χ4v) is 2.57. The summed E-state index contributed by atoms with van der Waals surface area (Å²) >= 11 is 0. The van der Waals surface area contributed by atoms with Crippen LogP contribution in [0.2, 0.25) is 0 Å². The summed E-state index contributed by atoms with van der Waals surface area (Å²) in [5.41, 5.74) is 2.66. The predicted molar refractivity (Wildman–Crippen MR) is 84.2 cm³/mol. The lowest BCUT2D eigenvalue weighted by Gasteiger charge is -2.09. The molecule has 0 saturated carbocycles. The molecule has 0 spiro atoms. The quantitative estimate of drug-likeness (QED) is 0.621. The van der Waals surface area contributed by atoms with Gasteiger partial charge >= 0.3 is 0 Å². The molecule has 0 atom stereocenters. The molecular formula is C17H12FN3O3. The Balaban J connectivity index is 1.71. The summed E-state index contributed by atoms with van der Waals surface area (Å²) < 4.78 is 25.0. The Morgan fingerprint density at radius 1 is 1.17 bits per heavy atom. The van der Waals surface area contributed by atoms with Crippen LogP contribution in [0.25, 0.3) is 11.1 Å². The molecule has 0 aliphatic heterocycles. The van der Waals surface area contributed by atoms with E-state index < -0.39 is 0 Å². The van der Waals surface area contributed by atoms with E-state index in [1.807, 2.05) is 4.57 Å². The SMILES string of the molecule is O=C(Nc1ccon1)c1cc2occc2n1Cc1ccc(F)cc1. The molecule has 3 heterocycles. The van der Waals surface area contributed by atoms with E-state index in [1.165, 1.54) is 18.4 Å². The van der Waals surface area contributed by atoms with Crippen molar-refractivity contribution in [2.45, 2.75) is 6.54 Å². The highest BCUT2D eigenvalue weighted by Gasteiger charge is 2.18. The van der Waals surface area contributed by atoms with Crippen molar-refractivity contribution in [3.63, 3.8) is 0 Å². The number of benzene rings is 1. The van der Waals surface area contributed by atoms with E-state index in [1.54, 1.807) is 36.6 Å². The Morgan fingerprint density at radius 3 is 2.75 bits per heavy atom. The van der Waals surface area contributed by atoms with Crippen molar-refractivity contribution < 1.29 is 18.1 Å². The molecule has 1 amide bonds. The van der Waals surface area contributed by atoms with Gasteiger partial charge in [0.25, 0.3) is 5.91 Å². The Bertz CT molecular complexity index is 984. The van der Waals surface area contributed by atoms with Crippen LogP contribution >= 0.6 is 0 Å². The molecule has 4 rings (SSSR count). The maximum absolute atomic E-state index is 13.1. The molecule has 0 radical (unpaired) electrons. The molecule has 0 aliphatic carbocycles. The van der Waals surface area contributed by atoms with Crippen LogP contribution in [0.5, 0.6) is 0 Å². The number of amides is 1. The summed E-state index contributed by atoms with van der Waals surface area (Å²) in [6.07, 6.45) is 2.93. The molecule has 24 heavy (non-hydrogen) atoms. The summed E-state index contributed by atoms with van der Waals surface area (Å²) in [4.78, 5) is 12.5. The van der Waals surface area contributed by atoms with Gasteiger partial charge in [0, 0.05) is 24.7 Å². The van der Waals surface area contributed by atoms with Crippen molar-refractivity contribution in [3.05, 3.63) is 72.1 Å². The van der Waals surface area contributed by atoms with Crippen LogP contribution < -0.4 is 5.32 Å². The first-order valence-electron chi connectivity index (χ1n) is 7.23. The van der Waals surface area contributed by atoms with Gasteiger partial charge in [-0.05, 0) is 17.7 Å². The number of halogens is 1. The number of anilines is 1. The number of carbonyl (C=O) groups excluding carboxylic acids is 1. The fraction of sp³-hybridized carbons (Fsp3) is 0.0588. The number of nitrogens with zero attached hydrogens (tertiary/aromatic N) is 2. The predicted octanol–water partition coefficient (Wildman–Crippen LogP) is 3.66. The van der Waals surface area contributed by atoms with Crippen molar-refractivity contribution >= 4 is 22.8 Å². The number of fused-ring (bicyclic) bond motifs is 1. The van der Waals surface area contributed by atoms with E-state index in [0.29, 0.717) is 23.6 Å². The number of carbonyl (C=O) groups is 1. The van der Waals surface area contributed by atoms with E-state index >= 15 is 0 Å². The summed E-state index contributed by atoms with van der Waals surface area (Å²) in [6.45, 7) is 0.408. The third-order valence-corrected chi connectivity index (χ3v) is 3.69. The van der Waals surface area contributed by atoms with Crippen LogP contribution in [-0.2, 0) is 6.54 Å². The highest BCUT2D eigenvalue weighted by Crippen LogP contribution is 2.23. The Kier molecular flexibility index (Phi) is 3.38. The summed E-state index contributed by atoms with van der Waals surface area (Å²) in [6, 6.07) is 11.1. The smallest absolute Gasteiger partial charge is 0.273 e. The average Bonchev–Trinajstić information content (AvgIpc) is 3.28. The zero-order valence-corrected chi connectivity index (χ0v) is 12.4. The molecule has 0 aliphatic rings. The number of aromatic nitrogens is 2. The summed E-state index contributed by atoms with van der Waals surface area (Å²) in [7, 11) is 0. The Labute approximate surface area is 135 Å². The van der Waals surface area contributed by atoms with Crippen molar-refractivity contribution in [2.75, 3.05) is 5.32 Å². The maximum atomic E-state index is 13.1. The molecule has 3 aromatic heterocycles. The minimum Gasteiger partial charge on any atom is -0.463 e. The van der Waals surface area contributed by atoms with E-state index in [2.05, 4.69) is 10.5 Å². The Morgan fingerprint density at radius 2 is 2.00 bits per heavy atom. The molecule has 0 fully saturated rings. The van der Waals surface area contributed by atoms with Crippen LogP contribution in [0.4, 0.5) is 10.2 Å². The van der Waals surface area contributed by atoms with Crippen molar-refractivity contribution in [2.24, 2.45) is 0 Å². The average molecular weight is 325 g/mol. The minimum atomic E-state index is -0.336. The van der Waals surface area contributed by atoms with Gasteiger partial charge < -0.3 is 18.8 Å². The normalized spacial score (nSPS) is 11.0. The van der Waals surface area contributed by atoms with Gasteiger partial charge in [-0.15, -0.1) is 0 Å². The lowest BCUT2D eigenvalue weighted by atomic mass is 10.2. The molecule has 6 nitrogen and oxygen atoms in total. The number of rotatable bonds is 4. The largest absolute Gasteiger partial charge is 0.463 e. The maximum Gasteiger partial charge on any atom is 0.273 e. The van der Waals surface area contributed by atoms with Crippen LogP contribution in [0, 0.1) is 5.82 Å². The number of furan rings is 1. The fourth-order valence-electron chi connectivity index (χ4n) is 2.57. The third kappa shape index (κ3) is 2.56. The second-order valence-corrected chi connectivity index (χ2v) is 5.25. The van der Waals surface area contributed by atoms with Gasteiger partial charge in [0.1, 0.15) is 17.8 Å². The monoisotopic (exact) mass is 325 g/mol. The lowest BCUT2D eigenvalue weighted by Crippen LogP contribution is -2.17. The van der Waals surface area contributed by atoms with Gasteiger partial charge in [0.15, 0.2) is 11.4 Å². The molecule has 1 aromatic carbocycles. The third-order valence-electron chi connectivity index (χ3n) is 3.69. The van der Waals surface area contributed by atoms with Crippen LogP contribution in [0.15, 0.2) is 63.9 Å². The molecule has 0 saturated heterocycles. The van der Waals surface area contributed by atoms with Gasteiger partial charge in [-0.3, -0.25) is 4.79 Å². The highest BCUT2D eigenvalue weighted by atomic mass is 19.1. The molecule has 0 unspecified atom stereocenters. The zero-order valence-electron chi connectivity index (χ0n) is 12.4. The van der Waals surface area contributed by atoms with Crippen LogP contribution in [0.1, 0.15) is 16.1 Å². The Hall–Kier alpha value is -3.35. The molecule has 0 bridgehead atoms. The summed E-state index contributed by atoms with van der Waals surface area (Å²) in [5, 5.41) is 6.32. The van der Waals surface area contributed by atoms with E-state index in [4.69, 9.17) is 8.94 Å². The van der Waals surface area contributed by atoms with Gasteiger partial charge in [0.05, 0.1) is 11.8 Å².